The Morgan fingerprint density at radius 3 is 2.58 bits per heavy atom. The zero-order chi connectivity index (χ0) is 22.0. The summed E-state index contributed by atoms with van der Waals surface area (Å²) in [6.45, 7) is 3.94. The van der Waals surface area contributed by atoms with E-state index in [1.54, 1.807) is 6.07 Å². The number of piperidine rings is 1. The summed E-state index contributed by atoms with van der Waals surface area (Å²) in [5.74, 6) is 0.340. The van der Waals surface area contributed by atoms with E-state index in [2.05, 4.69) is 0 Å². The Bertz CT molecular complexity index is 931. The Hall–Kier alpha value is -2.41. The molecule has 1 atom stereocenters. The highest BCUT2D eigenvalue weighted by molar-refractivity contribution is 5.81. The number of ether oxygens (including phenoxy) is 1. The van der Waals surface area contributed by atoms with Crippen molar-refractivity contribution in [3.8, 4) is 0 Å². The summed E-state index contributed by atoms with van der Waals surface area (Å²) in [7, 11) is 0. The highest BCUT2D eigenvalue weighted by Gasteiger charge is 2.32. The standard InChI is InChI=1S/C24H27F3N2O2/c1-16-12-18(13-17-4-2-5-20(14-17)24(25,26)27)15-21(28-16)19-7-9-29(10-8-19)23(30)22-6-3-11-31-22/h2,4-5,12,14-15,19,22H,3,6-11,13H2,1H3/t22-/m0/s1. The smallest absolute Gasteiger partial charge is 0.368 e. The molecule has 1 aromatic carbocycles. The van der Waals surface area contributed by atoms with E-state index in [0.717, 1.165) is 48.7 Å². The van der Waals surface area contributed by atoms with Gasteiger partial charge in [-0.25, -0.2) is 0 Å². The zero-order valence-corrected chi connectivity index (χ0v) is 17.6. The van der Waals surface area contributed by atoms with Crippen LogP contribution in [0.25, 0.3) is 0 Å². The fourth-order valence-corrected chi connectivity index (χ4v) is 4.54. The summed E-state index contributed by atoms with van der Waals surface area (Å²) >= 11 is 0. The maximum absolute atomic E-state index is 13.0. The van der Waals surface area contributed by atoms with Gasteiger partial charge in [0.15, 0.2) is 0 Å². The number of likely N-dealkylation sites (tertiary alicyclic amines) is 1. The second-order valence-corrected chi connectivity index (χ2v) is 8.52. The predicted octanol–water partition coefficient (Wildman–Crippen LogP) is 4.88. The number of amides is 1. The molecular formula is C24H27F3N2O2. The van der Waals surface area contributed by atoms with Gasteiger partial charge in [0.2, 0.25) is 0 Å². The largest absolute Gasteiger partial charge is 0.416 e. The number of nitrogens with zero attached hydrogens (tertiary/aromatic N) is 2. The van der Waals surface area contributed by atoms with E-state index in [0.29, 0.717) is 31.7 Å². The van der Waals surface area contributed by atoms with Crippen molar-refractivity contribution in [3.63, 3.8) is 0 Å². The van der Waals surface area contributed by atoms with Crippen LogP contribution in [0.1, 0.15) is 59.7 Å². The molecule has 31 heavy (non-hydrogen) atoms. The van der Waals surface area contributed by atoms with Crippen molar-refractivity contribution in [1.82, 2.24) is 9.88 Å². The van der Waals surface area contributed by atoms with Crippen LogP contribution in [0.5, 0.6) is 0 Å². The minimum absolute atomic E-state index is 0.0957. The van der Waals surface area contributed by atoms with E-state index in [9.17, 15) is 18.0 Å². The lowest BCUT2D eigenvalue weighted by Crippen LogP contribution is -2.43. The van der Waals surface area contributed by atoms with E-state index in [4.69, 9.17) is 9.72 Å². The molecule has 3 heterocycles. The van der Waals surface area contributed by atoms with Gasteiger partial charge >= 0.3 is 6.18 Å². The number of aromatic nitrogens is 1. The van der Waals surface area contributed by atoms with Crippen molar-refractivity contribution in [1.29, 1.82) is 0 Å². The molecule has 0 N–H and O–H groups in total. The number of aryl methyl sites for hydroxylation is 1. The molecule has 2 fully saturated rings. The second-order valence-electron chi connectivity index (χ2n) is 8.52. The zero-order valence-electron chi connectivity index (χ0n) is 17.6. The van der Waals surface area contributed by atoms with Crippen molar-refractivity contribution in [3.05, 3.63) is 64.5 Å². The quantitative estimate of drug-likeness (QED) is 0.691. The Kier molecular flexibility index (Phi) is 6.32. The van der Waals surface area contributed by atoms with Crippen LogP contribution in [0.2, 0.25) is 0 Å². The lowest BCUT2D eigenvalue weighted by molar-refractivity contribution is -0.142. The number of benzene rings is 1. The van der Waals surface area contributed by atoms with Gasteiger partial charge < -0.3 is 9.64 Å². The molecule has 0 unspecified atom stereocenters. The third kappa shape index (κ3) is 5.26. The van der Waals surface area contributed by atoms with Crippen LogP contribution in [-0.4, -0.2) is 41.6 Å². The first kappa shape index (κ1) is 21.8. The summed E-state index contributed by atoms with van der Waals surface area (Å²) in [5, 5.41) is 0. The number of halogens is 3. The first-order chi connectivity index (χ1) is 14.8. The summed E-state index contributed by atoms with van der Waals surface area (Å²) in [6.07, 6.45) is -0.796. The predicted molar refractivity (Wildman–Crippen MR) is 111 cm³/mol. The number of rotatable bonds is 4. The molecule has 0 radical (unpaired) electrons. The molecule has 0 saturated carbocycles. The van der Waals surface area contributed by atoms with Crippen molar-refractivity contribution in [2.45, 2.75) is 57.2 Å². The molecule has 2 saturated heterocycles. The van der Waals surface area contributed by atoms with E-state index in [-0.39, 0.29) is 17.9 Å². The topological polar surface area (TPSA) is 42.4 Å². The highest BCUT2D eigenvalue weighted by atomic mass is 19.4. The third-order valence-electron chi connectivity index (χ3n) is 6.13. The van der Waals surface area contributed by atoms with Crippen LogP contribution in [0.15, 0.2) is 36.4 Å². The van der Waals surface area contributed by atoms with Crippen LogP contribution >= 0.6 is 0 Å². The molecule has 2 aliphatic heterocycles. The fraction of sp³-hybridized carbons (Fsp3) is 0.500. The minimum Gasteiger partial charge on any atom is -0.368 e. The van der Waals surface area contributed by atoms with Crippen molar-refractivity contribution in [2.75, 3.05) is 19.7 Å². The molecule has 1 aromatic heterocycles. The lowest BCUT2D eigenvalue weighted by Gasteiger charge is -2.33. The van der Waals surface area contributed by atoms with Gasteiger partial charge in [0.1, 0.15) is 6.10 Å². The molecule has 7 heteroatoms. The first-order valence-electron chi connectivity index (χ1n) is 10.8. The van der Waals surface area contributed by atoms with Crippen LogP contribution in [0, 0.1) is 6.92 Å². The molecule has 4 nitrogen and oxygen atoms in total. The lowest BCUT2D eigenvalue weighted by atomic mass is 9.91. The minimum atomic E-state index is -4.34. The first-order valence-corrected chi connectivity index (χ1v) is 10.8. The fourth-order valence-electron chi connectivity index (χ4n) is 4.54. The van der Waals surface area contributed by atoms with Crippen molar-refractivity contribution < 1.29 is 22.7 Å². The van der Waals surface area contributed by atoms with Gasteiger partial charge in [0, 0.05) is 37.0 Å². The normalized spacial score (nSPS) is 20.3. The van der Waals surface area contributed by atoms with Crippen LogP contribution in [-0.2, 0) is 22.1 Å². The number of alkyl halides is 3. The third-order valence-corrected chi connectivity index (χ3v) is 6.13. The summed E-state index contributed by atoms with van der Waals surface area (Å²) in [4.78, 5) is 19.1. The monoisotopic (exact) mass is 432 g/mol. The number of pyridine rings is 1. The summed E-state index contributed by atoms with van der Waals surface area (Å²) in [6, 6.07) is 9.42. The Balaban J connectivity index is 1.43. The van der Waals surface area contributed by atoms with Crippen molar-refractivity contribution in [2.24, 2.45) is 0 Å². The number of carbonyl (C=O) groups is 1. The molecule has 0 spiro atoms. The van der Waals surface area contributed by atoms with Crippen LogP contribution in [0.3, 0.4) is 0 Å². The maximum Gasteiger partial charge on any atom is 0.416 e. The average molecular weight is 432 g/mol. The van der Waals surface area contributed by atoms with Gasteiger partial charge in [-0.2, -0.15) is 13.2 Å². The van der Waals surface area contributed by atoms with Gasteiger partial charge in [-0.15, -0.1) is 0 Å². The molecule has 2 aliphatic rings. The number of carbonyl (C=O) groups excluding carboxylic acids is 1. The second kappa shape index (κ2) is 8.99. The van der Waals surface area contributed by atoms with E-state index in [1.165, 1.54) is 12.1 Å². The van der Waals surface area contributed by atoms with Crippen LogP contribution < -0.4 is 0 Å². The van der Waals surface area contributed by atoms with Gasteiger partial charge in [0.05, 0.1) is 5.56 Å². The molecule has 0 bridgehead atoms. The summed E-state index contributed by atoms with van der Waals surface area (Å²) < 4.78 is 44.6. The summed E-state index contributed by atoms with van der Waals surface area (Å²) in [5.41, 5.74) is 2.78. The molecule has 4 rings (SSSR count). The van der Waals surface area contributed by atoms with Crippen molar-refractivity contribution >= 4 is 5.91 Å². The van der Waals surface area contributed by atoms with Crippen LogP contribution in [0.4, 0.5) is 13.2 Å². The number of hydrogen-bond donors (Lipinski definition) is 0. The maximum atomic E-state index is 13.0. The Morgan fingerprint density at radius 1 is 1.13 bits per heavy atom. The molecule has 166 valence electrons. The Morgan fingerprint density at radius 2 is 1.90 bits per heavy atom. The van der Waals surface area contributed by atoms with E-state index in [1.807, 2.05) is 24.0 Å². The van der Waals surface area contributed by atoms with E-state index >= 15 is 0 Å². The molecular weight excluding hydrogens is 405 g/mol. The number of hydrogen-bond acceptors (Lipinski definition) is 3. The molecule has 2 aromatic rings. The molecule has 0 aliphatic carbocycles. The van der Waals surface area contributed by atoms with Gasteiger partial charge in [0.25, 0.3) is 5.91 Å². The average Bonchev–Trinajstić information content (AvgIpc) is 3.27. The van der Waals surface area contributed by atoms with Gasteiger partial charge in [-0.3, -0.25) is 9.78 Å². The van der Waals surface area contributed by atoms with Gasteiger partial charge in [-0.1, -0.05) is 18.2 Å². The SMILES string of the molecule is Cc1cc(Cc2cccc(C(F)(F)F)c2)cc(C2CCN(C(=O)[C@@H]3CCCO3)CC2)n1. The van der Waals surface area contributed by atoms with E-state index < -0.39 is 11.7 Å². The highest BCUT2D eigenvalue weighted by Crippen LogP contribution is 2.31. The molecule has 1 amide bonds. The van der Waals surface area contributed by atoms with Gasteiger partial charge in [-0.05, 0) is 68.4 Å². The Labute approximate surface area is 180 Å².